The van der Waals surface area contributed by atoms with Gasteiger partial charge in [0.2, 0.25) is 5.91 Å². The molecule has 19 heavy (non-hydrogen) atoms. The summed E-state index contributed by atoms with van der Waals surface area (Å²) in [7, 11) is 0. The van der Waals surface area contributed by atoms with Crippen LogP contribution in [0.3, 0.4) is 0 Å². The lowest BCUT2D eigenvalue weighted by atomic mass is 9.86. The summed E-state index contributed by atoms with van der Waals surface area (Å²) in [6, 6.07) is 10.3. The highest BCUT2D eigenvalue weighted by atomic mass is 16.5. The zero-order valence-corrected chi connectivity index (χ0v) is 11.3. The Hall–Kier alpha value is -1.77. The molecule has 2 heterocycles. The van der Waals surface area contributed by atoms with Crippen molar-refractivity contribution in [2.75, 3.05) is 13.1 Å². The number of likely N-dealkylation sites (tertiary alicyclic amines) is 1. The van der Waals surface area contributed by atoms with E-state index < -0.39 is 0 Å². The van der Waals surface area contributed by atoms with Crippen molar-refractivity contribution >= 4 is 11.5 Å². The van der Waals surface area contributed by atoms with Gasteiger partial charge >= 0.3 is 0 Å². The van der Waals surface area contributed by atoms with Crippen LogP contribution < -0.4 is 0 Å². The van der Waals surface area contributed by atoms with Gasteiger partial charge in [-0.15, -0.1) is 0 Å². The molecule has 1 saturated heterocycles. The molecule has 1 amide bonds. The summed E-state index contributed by atoms with van der Waals surface area (Å²) in [5, 5.41) is 0. The van der Waals surface area contributed by atoms with E-state index in [1.54, 1.807) is 6.92 Å². The standard InChI is InChI=1S/C16H19NO2/c1-13(18)17-9-5-8-16(12-17)10-15(11-19-16)14-6-3-2-4-7-14/h2-4,6-7,11H,5,8-10,12H2,1H3. The first-order valence-corrected chi connectivity index (χ1v) is 6.86. The first-order chi connectivity index (χ1) is 9.19. The van der Waals surface area contributed by atoms with E-state index in [1.807, 2.05) is 29.4 Å². The topological polar surface area (TPSA) is 29.5 Å². The molecule has 1 atom stereocenters. The minimum Gasteiger partial charge on any atom is -0.492 e. The average Bonchev–Trinajstić information content (AvgIpc) is 2.83. The van der Waals surface area contributed by atoms with Gasteiger partial charge in [-0.3, -0.25) is 4.79 Å². The Morgan fingerprint density at radius 2 is 2.11 bits per heavy atom. The Balaban J connectivity index is 1.74. The molecule has 1 aromatic carbocycles. The Morgan fingerprint density at radius 3 is 2.84 bits per heavy atom. The van der Waals surface area contributed by atoms with Crippen LogP contribution >= 0.6 is 0 Å². The van der Waals surface area contributed by atoms with Gasteiger partial charge in [0.25, 0.3) is 0 Å². The minimum atomic E-state index is -0.185. The largest absolute Gasteiger partial charge is 0.492 e. The van der Waals surface area contributed by atoms with Crippen LogP contribution in [0, 0.1) is 0 Å². The summed E-state index contributed by atoms with van der Waals surface area (Å²) < 4.78 is 5.97. The summed E-state index contributed by atoms with van der Waals surface area (Å²) in [4.78, 5) is 13.5. The summed E-state index contributed by atoms with van der Waals surface area (Å²) in [6.07, 6.45) is 4.85. The molecule has 1 unspecified atom stereocenters. The van der Waals surface area contributed by atoms with E-state index in [2.05, 4.69) is 12.1 Å². The molecule has 100 valence electrons. The summed E-state index contributed by atoms with van der Waals surface area (Å²) in [5.74, 6) is 0.149. The van der Waals surface area contributed by atoms with Crippen LogP contribution in [0.1, 0.15) is 31.7 Å². The second-order valence-electron chi connectivity index (χ2n) is 5.53. The summed E-state index contributed by atoms with van der Waals surface area (Å²) in [6.45, 7) is 3.22. The fourth-order valence-corrected chi connectivity index (χ4v) is 3.06. The summed E-state index contributed by atoms with van der Waals surface area (Å²) >= 11 is 0. The van der Waals surface area contributed by atoms with Crippen molar-refractivity contribution < 1.29 is 9.53 Å². The third-order valence-electron chi connectivity index (χ3n) is 4.09. The highest BCUT2D eigenvalue weighted by molar-refractivity contribution is 5.74. The zero-order chi connectivity index (χ0) is 13.3. The third kappa shape index (κ3) is 2.37. The first kappa shape index (κ1) is 12.3. The van der Waals surface area contributed by atoms with Gasteiger partial charge in [0.1, 0.15) is 5.60 Å². The van der Waals surface area contributed by atoms with Crippen molar-refractivity contribution in [2.24, 2.45) is 0 Å². The molecule has 0 aliphatic carbocycles. The molecule has 0 bridgehead atoms. The van der Waals surface area contributed by atoms with Gasteiger partial charge in [-0.05, 0) is 24.0 Å². The van der Waals surface area contributed by atoms with Crippen molar-refractivity contribution in [3.8, 4) is 0 Å². The van der Waals surface area contributed by atoms with Crippen LogP contribution in [-0.4, -0.2) is 29.5 Å². The molecular weight excluding hydrogens is 238 g/mol. The van der Waals surface area contributed by atoms with Crippen LogP contribution in [-0.2, 0) is 9.53 Å². The molecule has 1 fully saturated rings. The molecule has 2 aliphatic heterocycles. The number of carbonyl (C=O) groups is 1. The number of piperidine rings is 1. The van der Waals surface area contributed by atoms with E-state index in [0.29, 0.717) is 0 Å². The highest BCUT2D eigenvalue weighted by Gasteiger charge is 2.41. The quantitative estimate of drug-likeness (QED) is 0.774. The Labute approximate surface area is 113 Å². The molecule has 1 spiro atoms. The lowest BCUT2D eigenvalue weighted by molar-refractivity contribution is -0.135. The predicted octanol–water partition coefficient (Wildman–Crippen LogP) is 2.83. The molecule has 3 heteroatoms. The molecule has 0 radical (unpaired) electrons. The van der Waals surface area contributed by atoms with Crippen molar-refractivity contribution in [3.63, 3.8) is 0 Å². The number of carbonyl (C=O) groups excluding carboxylic acids is 1. The van der Waals surface area contributed by atoms with Gasteiger partial charge in [0, 0.05) is 19.9 Å². The monoisotopic (exact) mass is 257 g/mol. The molecule has 0 saturated carbocycles. The SMILES string of the molecule is CC(=O)N1CCCC2(CC(c3ccccc3)=CO2)C1. The first-order valence-electron chi connectivity index (χ1n) is 6.86. The number of nitrogens with zero attached hydrogens (tertiary/aromatic N) is 1. The molecule has 0 aromatic heterocycles. The molecule has 3 nitrogen and oxygen atoms in total. The number of hydrogen-bond donors (Lipinski definition) is 0. The van der Waals surface area contributed by atoms with Crippen molar-refractivity contribution in [1.29, 1.82) is 0 Å². The van der Waals surface area contributed by atoms with Crippen LogP contribution in [0.15, 0.2) is 36.6 Å². The van der Waals surface area contributed by atoms with E-state index in [0.717, 1.165) is 32.4 Å². The van der Waals surface area contributed by atoms with Crippen molar-refractivity contribution in [1.82, 2.24) is 4.90 Å². The number of rotatable bonds is 1. The Kier molecular flexibility index (Phi) is 3.05. The summed E-state index contributed by atoms with van der Waals surface area (Å²) in [5.41, 5.74) is 2.28. The number of hydrogen-bond acceptors (Lipinski definition) is 2. The fourth-order valence-electron chi connectivity index (χ4n) is 3.06. The maximum atomic E-state index is 11.5. The zero-order valence-electron chi connectivity index (χ0n) is 11.3. The van der Waals surface area contributed by atoms with E-state index in [1.165, 1.54) is 11.1 Å². The maximum Gasteiger partial charge on any atom is 0.219 e. The van der Waals surface area contributed by atoms with Crippen molar-refractivity contribution in [3.05, 3.63) is 42.2 Å². The van der Waals surface area contributed by atoms with Crippen LogP contribution in [0.2, 0.25) is 0 Å². The molecule has 0 N–H and O–H groups in total. The van der Waals surface area contributed by atoms with Gasteiger partial charge in [0.05, 0.1) is 12.8 Å². The second-order valence-corrected chi connectivity index (χ2v) is 5.53. The molecule has 1 aromatic rings. The van der Waals surface area contributed by atoms with Gasteiger partial charge < -0.3 is 9.64 Å². The van der Waals surface area contributed by atoms with E-state index in [-0.39, 0.29) is 11.5 Å². The number of benzene rings is 1. The lowest BCUT2D eigenvalue weighted by Crippen LogP contribution is -2.49. The van der Waals surface area contributed by atoms with E-state index in [9.17, 15) is 4.79 Å². The van der Waals surface area contributed by atoms with Gasteiger partial charge in [-0.25, -0.2) is 0 Å². The highest BCUT2D eigenvalue weighted by Crippen LogP contribution is 2.40. The van der Waals surface area contributed by atoms with E-state index >= 15 is 0 Å². The Morgan fingerprint density at radius 1 is 1.32 bits per heavy atom. The molecule has 3 rings (SSSR count). The van der Waals surface area contributed by atoms with E-state index in [4.69, 9.17) is 4.74 Å². The lowest BCUT2D eigenvalue weighted by Gasteiger charge is -2.39. The normalized spacial score (nSPS) is 26.2. The predicted molar refractivity (Wildman–Crippen MR) is 74.3 cm³/mol. The van der Waals surface area contributed by atoms with Crippen LogP contribution in [0.25, 0.3) is 5.57 Å². The molecular formula is C16H19NO2. The molecule has 2 aliphatic rings. The van der Waals surface area contributed by atoms with Crippen LogP contribution in [0.5, 0.6) is 0 Å². The van der Waals surface area contributed by atoms with Gasteiger partial charge in [-0.1, -0.05) is 30.3 Å². The number of ether oxygens (including phenoxy) is 1. The van der Waals surface area contributed by atoms with Gasteiger partial charge in [-0.2, -0.15) is 0 Å². The third-order valence-corrected chi connectivity index (χ3v) is 4.09. The van der Waals surface area contributed by atoms with Crippen LogP contribution in [0.4, 0.5) is 0 Å². The number of amides is 1. The van der Waals surface area contributed by atoms with Crippen molar-refractivity contribution in [2.45, 2.75) is 31.8 Å². The van der Waals surface area contributed by atoms with Gasteiger partial charge in [0.15, 0.2) is 0 Å². The average molecular weight is 257 g/mol. The fraction of sp³-hybridized carbons (Fsp3) is 0.438. The minimum absolute atomic E-state index is 0.149. The smallest absolute Gasteiger partial charge is 0.219 e. The second kappa shape index (κ2) is 4.72. The Bertz CT molecular complexity index is 509. The maximum absolute atomic E-state index is 11.5.